The number of pyridine rings is 1. The third-order valence-electron chi connectivity index (χ3n) is 6.81. The number of aliphatic hydroxyl groups excluding tert-OH is 1. The summed E-state index contributed by atoms with van der Waals surface area (Å²) in [5.41, 5.74) is 0.895. The Morgan fingerprint density at radius 1 is 1.16 bits per heavy atom. The van der Waals surface area contributed by atoms with E-state index >= 15 is 0 Å². The van der Waals surface area contributed by atoms with E-state index in [-0.39, 0.29) is 42.3 Å². The third kappa shape index (κ3) is 9.12. The summed E-state index contributed by atoms with van der Waals surface area (Å²) in [6, 6.07) is 3.64. The smallest absolute Gasteiger partial charge is 0.227 e. The zero-order chi connectivity index (χ0) is 26.8. The number of carbonyl (C=O) groups is 2. The summed E-state index contributed by atoms with van der Waals surface area (Å²) in [5.74, 6) is 0.646. The molecule has 37 heavy (non-hydrogen) atoms. The summed E-state index contributed by atoms with van der Waals surface area (Å²) in [7, 11) is 3.21. The van der Waals surface area contributed by atoms with Crippen molar-refractivity contribution in [1.29, 1.82) is 0 Å². The Kier molecular flexibility index (Phi) is 11.4. The maximum absolute atomic E-state index is 13.7. The van der Waals surface area contributed by atoms with Crippen molar-refractivity contribution in [1.82, 2.24) is 20.5 Å². The Morgan fingerprint density at radius 2 is 1.89 bits per heavy atom. The quantitative estimate of drug-likeness (QED) is 0.299. The topological polar surface area (TPSA) is 122 Å². The molecule has 0 aromatic carbocycles. The number of nitrogens with one attached hydrogen (secondary N) is 2. The van der Waals surface area contributed by atoms with Crippen LogP contribution >= 0.6 is 0 Å². The molecule has 2 amide bonds. The second-order valence-electron chi connectivity index (χ2n) is 10.6. The third-order valence-corrected chi connectivity index (χ3v) is 6.81. The number of aromatic nitrogens is 1. The summed E-state index contributed by atoms with van der Waals surface area (Å²) in [6.45, 7) is 6.64. The highest BCUT2D eigenvalue weighted by atomic mass is 16.5. The van der Waals surface area contributed by atoms with Crippen molar-refractivity contribution in [2.45, 2.75) is 64.6 Å². The van der Waals surface area contributed by atoms with Gasteiger partial charge in [-0.05, 0) is 37.2 Å². The van der Waals surface area contributed by atoms with Crippen molar-refractivity contribution in [3.05, 3.63) is 17.7 Å². The SMILES string of the molecule is COCCCOc1cc(CN(C(=O)[C@H]2CNC[C@@H](C(=O)NC(CO)CC(C)C)C2)C2CC2)cc(OC)n1. The van der Waals surface area contributed by atoms with E-state index in [1.165, 1.54) is 0 Å². The average Bonchev–Trinajstić information content (AvgIpc) is 3.74. The lowest BCUT2D eigenvalue weighted by atomic mass is 9.88. The minimum Gasteiger partial charge on any atom is -0.481 e. The first-order valence-corrected chi connectivity index (χ1v) is 13.4. The van der Waals surface area contributed by atoms with Gasteiger partial charge in [0.25, 0.3) is 0 Å². The van der Waals surface area contributed by atoms with Gasteiger partial charge < -0.3 is 34.9 Å². The largest absolute Gasteiger partial charge is 0.481 e. The van der Waals surface area contributed by atoms with Crippen LogP contribution in [0.4, 0.5) is 0 Å². The van der Waals surface area contributed by atoms with E-state index in [9.17, 15) is 14.7 Å². The van der Waals surface area contributed by atoms with Gasteiger partial charge in [0.1, 0.15) is 0 Å². The molecule has 10 heteroatoms. The van der Waals surface area contributed by atoms with Gasteiger partial charge in [0.2, 0.25) is 23.6 Å². The molecular weight excluding hydrogens is 476 g/mol. The van der Waals surface area contributed by atoms with Gasteiger partial charge in [0, 0.05) is 57.9 Å². The van der Waals surface area contributed by atoms with Crippen molar-refractivity contribution < 1.29 is 28.9 Å². The van der Waals surface area contributed by atoms with Gasteiger partial charge in [-0.3, -0.25) is 9.59 Å². The van der Waals surface area contributed by atoms with Crippen molar-refractivity contribution in [3.63, 3.8) is 0 Å². The lowest BCUT2D eigenvalue weighted by molar-refractivity contribution is -0.139. The molecule has 0 radical (unpaired) electrons. The van der Waals surface area contributed by atoms with Gasteiger partial charge in [0.15, 0.2) is 0 Å². The van der Waals surface area contributed by atoms with Crippen LogP contribution in [0.25, 0.3) is 0 Å². The molecule has 2 heterocycles. The summed E-state index contributed by atoms with van der Waals surface area (Å²) >= 11 is 0. The predicted molar refractivity (Wildman–Crippen MR) is 139 cm³/mol. The van der Waals surface area contributed by atoms with Crippen molar-refractivity contribution in [2.75, 3.05) is 47.1 Å². The standard InChI is InChI=1S/C27H44N4O6/c1-18(2)10-22(17-32)29-26(33)20-13-21(15-28-14-20)27(34)31(23-6-7-23)16-19-11-24(36-4)30-25(12-19)37-9-5-8-35-3/h11-12,18,20-23,28,32H,5-10,13-17H2,1-4H3,(H,29,33)/t20-,21+,22?/m0/s1. The molecule has 1 saturated carbocycles. The molecule has 1 aromatic heterocycles. The normalized spacial score (nSPS) is 20.4. The highest BCUT2D eigenvalue weighted by molar-refractivity contribution is 5.83. The van der Waals surface area contributed by atoms with Gasteiger partial charge in [-0.2, -0.15) is 4.98 Å². The minimum atomic E-state index is -0.307. The highest BCUT2D eigenvalue weighted by Gasteiger charge is 2.39. The Morgan fingerprint density at radius 3 is 2.54 bits per heavy atom. The molecule has 3 atom stereocenters. The van der Waals surface area contributed by atoms with Crippen LogP contribution in [0.3, 0.4) is 0 Å². The Bertz CT molecular complexity index is 878. The maximum Gasteiger partial charge on any atom is 0.227 e. The Balaban J connectivity index is 1.65. The number of hydrogen-bond donors (Lipinski definition) is 3. The van der Waals surface area contributed by atoms with E-state index < -0.39 is 0 Å². The molecule has 2 fully saturated rings. The summed E-state index contributed by atoms with van der Waals surface area (Å²) in [6.07, 6.45) is 3.91. The molecule has 1 aliphatic heterocycles. The number of rotatable bonds is 15. The molecule has 2 aliphatic rings. The average molecular weight is 521 g/mol. The van der Waals surface area contributed by atoms with E-state index in [1.54, 1.807) is 14.2 Å². The molecule has 0 bridgehead atoms. The summed E-state index contributed by atoms with van der Waals surface area (Å²) in [5, 5.41) is 15.9. The van der Waals surface area contributed by atoms with Crippen LogP contribution in [0.5, 0.6) is 11.8 Å². The van der Waals surface area contributed by atoms with E-state index in [1.807, 2.05) is 17.0 Å². The second-order valence-corrected chi connectivity index (χ2v) is 10.6. The second kappa shape index (κ2) is 14.5. The predicted octanol–water partition coefficient (Wildman–Crippen LogP) is 1.75. The first-order valence-electron chi connectivity index (χ1n) is 13.4. The zero-order valence-corrected chi connectivity index (χ0v) is 22.7. The lowest BCUT2D eigenvalue weighted by Crippen LogP contribution is -2.51. The minimum absolute atomic E-state index is 0.0618. The first kappa shape index (κ1) is 29.1. The molecule has 1 aromatic rings. The van der Waals surface area contributed by atoms with Gasteiger partial charge >= 0.3 is 0 Å². The molecule has 208 valence electrons. The number of carbonyl (C=O) groups excluding carboxylic acids is 2. The first-order chi connectivity index (χ1) is 17.8. The summed E-state index contributed by atoms with van der Waals surface area (Å²) in [4.78, 5) is 32.9. The zero-order valence-electron chi connectivity index (χ0n) is 22.7. The molecular formula is C27H44N4O6. The summed E-state index contributed by atoms with van der Waals surface area (Å²) < 4.78 is 16.2. The fourth-order valence-corrected chi connectivity index (χ4v) is 4.78. The van der Waals surface area contributed by atoms with Crippen molar-refractivity contribution >= 4 is 11.8 Å². The van der Waals surface area contributed by atoms with Gasteiger partial charge in [-0.25, -0.2) is 0 Å². The number of amides is 2. The molecule has 10 nitrogen and oxygen atoms in total. The van der Waals surface area contributed by atoms with E-state index in [2.05, 4.69) is 29.5 Å². The molecule has 1 saturated heterocycles. The fourth-order valence-electron chi connectivity index (χ4n) is 4.78. The molecule has 1 aliphatic carbocycles. The number of nitrogens with zero attached hydrogens (tertiary/aromatic N) is 2. The number of hydrogen-bond acceptors (Lipinski definition) is 8. The van der Waals surface area contributed by atoms with Gasteiger partial charge in [-0.15, -0.1) is 0 Å². The Labute approximate surface area is 220 Å². The van der Waals surface area contributed by atoms with Gasteiger partial charge in [0.05, 0.1) is 38.2 Å². The lowest BCUT2D eigenvalue weighted by Gasteiger charge is -2.33. The Hall–Kier alpha value is -2.43. The van der Waals surface area contributed by atoms with Gasteiger partial charge in [-0.1, -0.05) is 13.8 Å². The van der Waals surface area contributed by atoms with Crippen LogP contribution in [0.2, 0.25) is 0 Å². The van der Waals surface area contributed by atoms with E-state index in [0.717, 1.165) is 24.8 Å². The molecule has 3 rings (SSSR count). The van der Waals surface area contributed by atoms with Crippen molar-refractivity contribution in [3.8, 4) is 11.8 Å². The number of aliphatic hydroxyl groups is 1. The van der Waals surface area contributed by atoms with E-state index in [4.69, 9.17) is 14.2 Å². The fraction of sp³-hybridized carbons (Fsp3) is 0.741. The maximum atomic E-state index is 13.7. The van der Waals surface area contributed by atoms with Crippen LogP contribution in [-0.2, 0) is 20.9 Å². The molecule has 0 spiro atoms. The number of piperidine rings is 1. The monoisotopic (exact) mass is 520 g/mol. The van der Waals surface area contributed by atoms with Crippen molar-refractivity contribution in [2.24, 2.45) is 17.8 Å². The van der Waals surface area contributed by atoms with Crippen LogP contribution in [0.1, 0.15) is 51.5 Å². The van der Waals surface area contributed by atoms with Crippen LogP contribution in [-0.4, -0.2) is 86.0 Å². The number of ether oxygens (including phenoxy) is 3. The van der Waals surface area contributed by atoms with Crippen LogP contribution in [0.15, 0.2) is 12.1 Å². The van der Waals surface area contributed by atoms with E-state index in [0.29, 0.717) is 63.4 Å². The van der Waals surface area contributed by atoms with Crippen LogP contribution < -0.4 is 20.1 Å². The van der Waals surface area contributed by atoms with Crippen LogP contribution in [0, 0.1) is 17.8 Å². The number of methoxy groups -OCH3 is 2. The highest BCUT2D eigenvalue weighted by Crippen LogP contribution is 2.32. The molecule has 3 N–H and O–H groups in total. The molecule has 1 unspecified atom stereocenters.